The minimum atomic E-state index is -1.13. The first-order chi connectivity index (χ1) is 8.50. The van der Waals surface area contributed by atoms with Gasteiger partial charge in [0.2, 0.25) is 0 Å². The molecule has 1 aromatic rings. The Bertz CT molecular complexity index is 469. The summed E-state index contributed by atoms with van der Waals surface area (Å²) < 4.78 is 0. The zero-order valence-electron chi connectivity index (χ0n) is 9.55. The largest absolute Gasteiger partial charge is 0.481 e. The highest BCUT2D eigenvalue weighted by atomic mass is 16.4. The normalized spacial score (nSPS) is 9.78. The van der Waals surface area contributed by atoms with Crippen molar-refractivity contribution in [2.45, 2.75) is 12.8 Å². The van der Waals surface area contributed by atoms with E-state index in [1.54, 1.807) is 18.2 Å². The second kappa shape index (κ2) is 6.39. The van der Waals surface area contributed by atoms with Crippen LogP contribution in [-0.2, 0) is 16.0 Å². The van der Waals surface area contributed by atoms with Gasteiger partial charge in [-0.2, -0.15) is 0 Å². The summed E-state index contributed by atoms with van der Waals surface area (Å²) in [6.07, 6.45) is 0.148. The first-order valence-electron chi connectivity index (χ1n) is 5.30. The van der Waals surface area contributed by atoms with E-state index in [-0.39, 0.29) is 12.8 Å². The molecule has 18 heavy (non-hydrogen) atoms. The Hall–Kier alpha value is -2.37. The van der Waals surface area contributed by atoms with Gasteiger partial charge in [0.1, 0.15) is 6.54 Å². The van der Waals surface area contributed by atoms with Crippen LogP contribution in [0.5, 0.6) is 0 Å². The third kappa shape index (κ3) is 4.25. The molecule has 3 N–H and O–H groups in total. The Morgan fingerprint density at radius 1 is 1.06 bits per heavy atom. The van der Waals surface area contributed by atoms with Crippen LogP contribution in [0.4, 0.5) is 0 Å². The van der Waals surface area contributed by atoms with Gasteiger partial charge in [-0.25, -0.2) is 0 Å². The second-order valence-corrected chi connectivity index (χ2v) is 3.63. The predicted octanol–water partition coefficient (Wildman–Crippen LogP) is 0.518. The number of benzene rings is 1. The van der Waals surface area contributed by atoms with E-state index in [1.807, 2.05) is 0 Å². The van der Waals surface area contributed by atoms with Crippen molar-refractivity contribution in [2.24, 2.45) is 0 Å². The standard InChI is InChI=1S/C12H13NO5/c14-10(15)6-5-8-3-1-2-4-9(8)12(18)13-7-11(16)17/h1-4H,5-7H2,(H,13,18)(H,14,15)(H,16,17). The smallest absolute Gasteiger partial charge is 0.322 e. The van der Waals surface area contributed by atoms with Crippen molar-refractivity contribution in [1.82, 2.24) is 5.32 Å². The average Bonchev–Trinajstić information content (AvgIpc) is 2.33. The van der Waals surface area contributed by atoms with Crippen LogP contribution in [-0.4, -0.2) is 34.6 Å². The lowest BCUT2D eigenvalue weighted by atomic mass is 10.0. The molecular formula is C12H13NO5. The number of carboxylic acid groups (broad SMARTS) is 2. The van der Waals surface area contributed by atoms with E-state index in [4.69, 9.17) is 10.2 Å². The van der Waals surface area contributed by atoms with Gasteiger partial charge in [0.05, 0.1) is 0 Å². The van der Waals surface area contributed by atoms with E-state index in [0.717, 1.165) is 0 Å². The van der Waals surface area contributed by atoms with Crippen molar-refractivity contribution >= 4 is 17.8 Å². The van der Waals surface area contributed by atoms with Gasteiger partial charge in [0, 0.05) is 12.0 Å². The number of hydrogen-bond acceptors (Lipinski definition) is 3. The van der Waals surface area contributed by atoms with Crippen molar-refractivity contribution in [3.05, 3.63) is 35.4 Å². The summed E-state index contributed by atoms with van der Waals surface area (Å²) in [6.45, 7) is -0.466. The molecule has 1 aromatic carbocycles. The van der Waals surface area contributed by atoms with Crippen molar-refractivity contribution in [3.63, 3.8) is 0 Å². The van der Waals surface area contributed by atoms with Gasteiger partial charge >= 0.3 is 11.9 Å². The first-order valence-corrected chi connectivity index (χ1v) is 5.30. The van der Waals surface area contributed by atoms with Crippen molar-refractivity contribution in [1.29, 1.82) is 0 Å². The van der Waals surface area contributed by atoms with Gasteiger partial charge in [-0.15, -0.1) is 0 Å². The van der Waals surface area contributed by atoms with Crippen LogP contribution in [0.15, 0.2) is 24.3 Å². The molecule has 0 radical (unpaired) electrons. The molecule has 0 fully saturated rings. The molecule has 0 saturated heterocycles. The molecule has 0 bridgehead atoms. The van der Waals surface area contributed by atoms with Gasteiger partial charge < -0.3 is 15.5 Å². The van der Waals surface area contributed by atoms with Gasteiger partial charge in [-0.1, -0.05) is 18.2 Å². The lowest BCUT2D eigenvalue weighted by Crippen LogP contribution is -2.30. The summed E-state index contributed by atoms with van der Waals surface area (Å²) in [5.41, 5.74) is 0.891. The number of hydrogen-bond donors (Lipinski definition) is 3. The molecule has 0 aliphatic carbocycles. The van der Waals surface area contributed by atoms with Gasteiger partial charge in [0.15, 0.2) is 0 Å². The Morgan fingerprint density at radius 3 is 2.33 bits per heavy atom. The summed E-state index contributed by atoms with van der Waals surface area (Å²) in [5, 5.41) is 19.3. The third-order valence-corrected chi connectivity index (χ3v) is 2.27. The van der Waals surface area contributed by atoms with Crippen molar-refractivity contribution < 1.29 is 24.6 Å². The summed E-state index contributed by atoms with van der Waals surface area (Å²) in [5.74, 6) is -2.60. The number of aryl methyl sites for hydroxylation is 1. The van der Waals surface area contributed by atoms with Crippen LogP contribution < -0.4 is 5.32 Å². The van der Waals surface area contributed by atoms with Crippen LogP contribution in [0.3, 0.4) is 0 Å². The Kier molecular flexibility index (Phi) is 4.86. The van der Waals surface area contributed by atoms with Crippen LogP contribution in [0.25, 0.3) is 0 Å². The lowest BCUT2D eigenvalue weighted by Gasteiger charge is -2.08. The summed E-state index contributed by atoms with van der Waals surface area (Å²) >= 11 is 0. The minimum Gasteiger partial charge on any atom is -0.481 e. The maximum absolute atomic E-state index is 11.7. The quantitative estimate of drug-likeness (QED) is 0.683. The first kappa shape index (κ1) is 13.7. The summed E-state index contributed by atoms with van der Waals surface area (Å²) in [6, 6.07) is 6.53. The molecule has 0 heterocycles. The molecule has 0 atom stereocenters. The van der Waals surface area contributed by atoms with E-state index >= 15 is 0 Å². The lowest BCUT2D eigenvalue weighted by molar-refractivity contribution is -0.137. The van der Waals surface area contributed by atoms with E-state index in [2.05, 4.69) is 5.32 Å². The molecule has 1 rings (SSSR count). The van der Waals surface area contributed by atoms with Gasteiger partial charge in [-0.05, 0) is 18.1 Å². The number of carbonyl (C=O) groups is 3. The monoisotopic (exact) mass is 251 g/mol. The molecule has 1 amide bonds. The number of aliphatic carboxylic acids is 2. The molecular weight excluding hydrogens is 238 g/mol. The fourth-order valence-electron chi connectivity index (χ4n) is 1.45. The van der Waals surface area contributed by atoms with Gasteiger partial charge in [-0.3, -0.25) is 14.4 Å². The zero-order chi connectivity index (χ0) is 13.5. The van der Waals surface area contributed by atoms with Crippen molar-refractivity contribution in [2.75, 3.05) is 6.54 Å². The maximum atomic E-state index is 11.7. The molecule has 0 unspecified atom stereocenters. The Morgan fingerprint density at radius 2 is 1.72 bits per heavy atom. The number of rotatable bonds is 6. The topological polar surface area (TPSA) is 104 Å². The molecule has 6 heteroatoms. The van der Waals surface area contributed by atoms with E-state index in [1.165, 1.54) is 6.07 Å². The fraction of sp³-hybridized carbons (Fsp3) is 0.250. The SMILES string of the molecule is O=C(O)CCc1ccccc1C(=O)NCC(=O)O. The van der Waals surface area contributed by atoms with E-state index in [9.17, 15) is 14.4 Å². The Labute approximate surface area is 103 Å². The summed E-state index contributed by atoms with van der Waals surface area (Å²) in [7, 11) is 0. The van der Waals surface area contributed by atoms with E-state index < -0.39 is 24.4 Å². The zero-order valence-corrected chi connectivity index (χ0v) is 9.55. The average molecular weight is 251 g/mol. The number of carbonyl (C=O) groups excluding carboxylic acids is 1. The number of amides is 1. The van der Waals surface area contributed by atoms with Crippen LogP contribution in [0, 0.1) is 0 Å². The predicted molar refractivity (Wildman–Crippen MR) is 62.4 cm³/mol. The molecule has 6 nitrogen and oxygen atoms in total. The fourth-order valence-corrected chi connectivity index (χ4v) is 1.45. The highest BCUT2D eigenvalue weighted by molar-refractivity contribution is 5.97. The second-order valence-electron chi connectivity index (χ2n) is 3.63. The molecule has 0 saturated carbocycles. The van der Waals surface area contributed by atoms with Gasteiger partial charge in [0.25, 0.3) is 5.91 Å². The molecule has 0 aliphatic rings. The molecule has 0 aliphatic heterocycles. The van der Waals surface area contributed by atoms with Crippen molar-refractivity contribution in [3.8, 4) is 0 Å². The summed E-state index contributed by atoms with van der Waals surface area (Å²) in [4.78, 5) is 32.5. The number of carboxylic acids is 2. The molecule has 0 aromatic heterocycles. The number of nitrogens with one attached hydrogen (secondary N) is 1. The third-order valence-electron chi connectivity index (χ3n) is 2.27. The van der Waals surface area contributed by atoms with E-state index in [0.29, 0.717) is 11.1 Å². The molecule has 0 spiro atoms. The maximum Gasteiger partial charge on any atom is 0.322 e. The highest BCUT2D eigenvalue weighted by Crippen LogP contribution is 2.11. The van der Waals surface area contributed by atoms with Crippen LogP contribution >= 0.6 is 0 Å². The highest BCUT2D eigenvalue weighted by Gasteiger charge is 2.12. The van der Waals surface area contributed by atoms with Crippen LogP contribution in [0.2, 0.25) is 0 Å². The minimum absolute atomic E-state index is 0.0801. The Balaban J connectivity index is 2.77. The molecule has 96 valence electrons. The van der Waals surface area contributed by atoms with Crippen LogP contribution in [0.1, 0.15) is 22.3 Å².